The van der Waals surface area contributed by atoms with Crippen LogP contribution in [0.15, 0.2) is 28.7 Å². The summed E-state index contributed by atoms with van der Waals surface area (Å²) in [5, 5.41) is 0. The average Bonchev–Trinajstić information content (AvgIpc) is 2.42. The topological polar surface area (TPSA) is 34.1 Å². The van der Waals surface area contributed by atoms with Crippen molar-refractivity contribution in [2.45, 2.75) is 12.1 Å². The first kappa shape index (κ1) is 11.1. The molecule has 1 aromatic rings. The zero-order chi connectivity index (χ0) is 11.1. The highest BCUT2D eigenvalue weighted by Crippen LogP contribution is 2.40. The first-order valence-electron chi connectivity index (χ1n) is 4.57. The van der Waals surface area contributed by atoms with Crippen LogP contribution in [0.3, 0.4) is 0 Å². The molecule has 1 heterocycles. The maximum atomic E-state index is 14.4. The fraction of sp³-hybridized carbons (Fsp3) is 0.400. The molecule has 0 aromatic heterocycles. The molecule has 15 heavy (non-hydrogen) atoms. The van der Waals surface area contributed by atoms with E-state index in [4.69, 9.17) is 0 Å². The van der Waals surface area contributed by atoms with E-state index < -0.39 is 21.3 Å². The van der Waals surface area contributed by atoms with Crippen molar-refractivity contribution in [3.8, 4) is 0 Å². The molecule has 1 atom stereocenters. The van der Waals surface area contributed by atoms with E-state index in [2.05, 4.69) is 15.9 Å². The Morgan fingerprint density at radius 1 is 1.33 bits per heavy atom. The van der Waals surface area contributed by atoms with Gasteiger partial charge in [-0.15, -0.1) is 0 Å². The summed E-state index contributed by atoms with van der Waals surface area (Å²) in [6.07, 6.45) is 0.0535. The Balaban J connectivity index is 2.44. The van der Waals surface area contributed by atoms with Crippen molar-refractivity contribution < 1.29 is 12.8 Å². The van der Waals surface area contributed by atoms with Crippen LogP contribution in [0.2, 0.25) is 0 Å². The summed E-state index contributed by atoms with van der Waals surface area (Å²) in [6.45, 7) is 0. The molecule has 0 bridgehead atoms. The molecule has 2 nitrogen and oxygen atoms in total. The number of halogens is 2. The first-order valence-corrected chi connectivity index (χ1v) is 7.19. The molecule has 0 saturated carbocycles. The average molecular weight is 293 g/mol. The number of hydrogen-bond acceptors (Lipinski definition) is 2. The summed E-state index contributed by atoms with van der Waals surface area (Å²) in [5.41, 5.74) is -1.29. The first-order chi connectivity index (χ1) is 6.93. The monoisotopic (exact) mass is 292 g/mol. The second-order valence-electron chi connectivity index (χ2n) is 3.79. The third kappa shape index (κ3) is 2.08. The van der Waals surface area contributed by atoms with E-state index in [1.165, 1.54) is 0 Å². The molecule has 0 amide bonds. The van der Waals surface area contributed by atoms with Crippen molar-refractivity contribution in [2.24, 2.45) is 0 Å². The highest BCUT2D eigenvalue weighted by Gasteiger charge is 2.44. The van der Waals surface area contributed by atoms with Gasteiger partial charge >= 0.3 is 0 Å². The second kappa shape index (κ2) is 3.56. The van der Waals surface area contributed by atoms with E-state index in [0.717, 1.165) is 0 Å². The van der Waals surface area contributed by atoms with Crippen molar-refractivity contribution in [3.63, 3.8) is 0 Å². The highest BCUT2D eigenvalue weighted by molar-refractivity contribution is 9.10. The van der Waals surface area contributed by atoms with Gasteiger partial charge in [0.1, 0.15) is 0 Å². The van der Waals surface area contributed by atoms with Gasteiger partial charge in [-0.2, -0.15) is 0 Å². The molecular weight excluding hydrogens is 283 g/mol. The summed E-state index contributed by atoms with van der Waals surface area (Å²) in [5.74, 6) is -0.465. The molecule has 1 saturated heterocycles. The van der Waals surface area contributed by atoms with Crippen molar-refractivity contribution in [1.29, 1.82) is 0 Å². The van der Waals surface area contributed by atoms with Gasteiger partial charge in [0.25, 0.3) is 0 Å². The predicted molar refractivity (Wildman–Crippen MR) is 60.2 cm³/mol. The predicted octanol–water partition coefficient (Wildman–Crippen LogP) is 2.43. The van der Waals surface area contributed by atoms with Gasteiger partial charge in [0.05, 0.1) is 11.5 Å². The second-order valence-corrected chi connectivity index (χ2v) is 6.83. The Kier molecular flexibility index (Phi) is 2.63. The van der Waals surface area contributed by atoms with Gasteiger partial charge in [0.15, 0.2) is 15.5 Å². The zero-order valence-electron chi connectivity index (χ0n) is 7.91. The minimum Gasteiger partial charge on any atom is -0.237 e. The quantitative estimate of drug-likeness (QED) is 0.797. The third-order valence-corrected chi connectivity index (χ3v) is 5.03. The molecule has 5 heteroatoms. The van der Waals surface area contributed by atoms with E-state index in [1.54, 1.807) is 24.3 Å². The lowest BCUT2D eigenvalue weighted by atomic mass is 9.95. The smallest absolute Gasteiger partial charge is 0.153 e. The SMILES string of the molecule is O=S1(=O)CCC(F)(c2ccccc2Br)C1. The van der Waals surface area contributed by atoms with Crippen LogP contribution in [0.1, 0.15) is 12.0 Å². The van der Waals surface area contributed by atoms with E-state index in [9.17, 15) is 12.8 Å². The molecule has 0 radical (unpaired) electrons. The van der Waals surface area contributed by atoms with Crippen molar-refractivity contribution >= 4 is 25.8 Å². The van der Waals surface area contributed by atoms with Crippen LogP contribution < -0.4 is 0 Å². The minimum atomic E-state index is -3.21. The van der Waals surface area contributed by atoms with Gasteiger partial charge in [0, 0.05) is 16.5 Å². The molecule has 0 aliphatic carbocycles. The third-order valence-electron chi connectivity index (χ3n) is 2.61. The number of rotatable bonds is 1. The van der Waals surface area contributed by atoms with E-state index in [-0.39, 0.29) is 12.2 Å². The molecule has 1 unspecified atom stereocenters. The van der Waals surface area contributed by atoms with E-state index in [1.807, 2.05) is 0 Å². The number of sulfone groups is 1. The number of benzene rings is 1. The molecular formula is C10H10BrFO2S. The fourth-order valence-corrected chi connectivity index (χ4v) is 4.26. The maximum absolute atomic E-state index is 14.4. The molecule has 1 aromatic carbocycles. The zero-order valence-corrected chi connectivity index (χ0v) is 10.3. The lowest BCUT2D eigenvalue weighted by molar-refractivity contribution is 0.201. The Labute approximate surface area is 96.5 Å². The molecule has 2 rings (SSSR count). The Morgan fingerprint density at radius 3 is 2.53 bits per heavy atom. The standard InChI is InChI=1S/C10H10BrFO2S/c11-9-4-2-1-3-8(9)10(12)5-6-15(13,14)7-10/h1-4H,5-7H2. The van der Waals surface area contributed by atoms with Gasteiger partial charge in [-0.05, 0) is 6.07 Å². The molecule has 1 aliphatic heterocycles. The largest absolute Gasteiger partial charge is 0.237 e. The van der Waals surface area contributed by atoms with Crippen molar-refractivity contribution in [2.75, 3.05) is 11.5 Å². The highest BCUT2D eigenvalue weighted by atomic mass is 79.9. The lowest BCUT2D eigenvalue weighted by Crippen LogP contribution is -2.22. The summed E-state index contributed by atoms with van der Waals surface area (Å²) in [6, 6.07) is 6.85. The normalized spacial score (nSPS) is 29.2. The molecule has 0 N–H and O–H groups in total. The van der Waals surface area contributed by atoms with E-state index >= 15 is 0 Å². The molecule has 1 aliphatic rings. The Bertz CT molecular complexity index is 486. The van der Waals surface area contributed by atoms with Crippen LogP contribution in [0, 0.1) is 0 Å². The van der Waals surface area contributed by atoms with Gasteiger partial charge in [0.2, 0.25) is 0 Å². The van der Waals surface area contributed by atoms with Crippen LogP contribution >= 0.6 is 15.9 Å². The van der Waals surface area contributed by atoms with Gasteiger partial charge in [-0.3, -0.25) is 0 Å². The summed E-state index contributed by atoms with van der Waals surface area (Å²) in [7, 11) is -3.21. The van der Waals surface area contributed by atoms with Crippen molar-refractivity contribution in [3.05, 3.63) is 34.3 Å². The molecule has 1 fully saturated rings. The maximum Gasteiger partial charge on any atom is 0.153 e. The Hall–Kier alpha value is -0.420. The minimum absolute atomic E-state index is 0.0535. The van der Waals surface area contributed by atoms with Crippen LogP contribution in [0.4, 0.5) is 4.39 Å². The number of alkyl halides is 1. The van der Waals surface area contributed by atoms with Crippen molar-refractivity contribution in [1.82, 2.24) is 0 Å². The van der Waals surface area contributed by atoms with Crippen LogP contribution in [-0.4, -0.2) is 19.9 Å². The Morgan fingerprint density at radius 2 is 2.00 bits per heavy atom. The number of hydrogen-bond donors (Lipinski definition) is 0. The summed E-state index contributed by atoms with van der Waals surface area (Å²) < 4.78 is 37.6. The van der Waals surface area contributed by atoms with Gasteiger partial charge in [-0.1, -0.05) is 34.1 Å². The van der Waals surface area contributed by atoms with Crippen LogP contribution in [-0.2, 0) is 15.5 Å². The van der Waals surface area contributed by atoms with Crippen LogP contribution in [0.25, 0.3) is 0 Å². The van der Waals surface area contributed by atoms with E-state index in [0.29, 0.717) is 10.0 Å². The van der Waals surface area contributed by atoms with Gasteiger partial charge < -0.3 is 0 Å². The summed E-state index contributed by atoms with van der Waals surface area (Å²) >= 11 is 3.24. The molecule has 0 spiro atoms. The lowest BCUT2D eigenvalue weighted by Gasteiger charge is -2.19. The van der Waals surface area contributed by atoms with Gasteiger partial charge in [-0.25, -0.2) is 12.8 Å². The summed E-state index contributed by atoms with van der Waals surface area (Å²) in [4.78, 5) is 0. The fourth-order valence-electron chi connectivity index (χ4n) is 1.85. The van der Waals surface area contributed by atoms with Crippen LogP contribution in [0.5, 0.6) is 0 Å². The molecule has 82 valence electrons.